The van der Waals surface area contributed by atoms with E-state index in [9.17, 15) is 4.79 Å². The predicted molar refractivity (Wildman–Crippen MR) is 118 cm³/mol. The van der Waals surface area contributed by atoms with Gasteiger partial charge < -0.3 is 28.4 Å². The lowest BCUT2D eigenvalue weighted by Crippen LogP contribution is -2.62. The molecule has 1 aliphatic rings. The number of fused-ring (bicyclic) bond motifs is 2. The van der Waals surface area contributed by atoms with E-state index in [4.69, 9.17) is 28.4 Å². The average molecular weight is 438 g/mol. The topological polar surface area (TPSA) is 72.5 Å². The van der Waals surface area contributed by atoms with Gasteiger partial charge in [-0.1, -0.05) is 24.3 Å². The van der Waals surface area contributed by atoms with Crippen molar-refractivity contribution in [2.24, 2.45) is 0 Å². The maximum atomic E-state index is 11.9. The van der Waals surface area contributed by atoms with Gasteiger partial charge >= 0.3 is 5.97 Å². The van der Waals surface area contributed by atoms with Gasteiger partial charge in [0.15, 0.2) is 5.60 Å². The first-order chi connectivity index (χ1) is 15.4. The summed E-state index contributed by atoms with van der Waals surface area (Å²) >= 11 is 0. The highest BCUT2D eigenvalue weighted by molar-refractivity contribution is 5.96. The Morgan fingerprint density at radius 1 is 0.781 bits per heavy atom. The number of carbonyl (C=O) groups excluding carboxylic acids is 1. The summed E-state index contributed by atoms with van der Waals surface area (Å²) in [6.07, 6.45) is 0. The highest BCUT2D eigenvalue weighted by Gasteiger charge is 2.69. The third-order valence-corrected chi connectivity index (χ3v) is 6.08. The smallest absolute Gasteiger partial charge is 0.308 e. The lowest BCUT2D eigenvalue weighted by Gasteiger charge is -2.57. The quantitative estimate of drug-likeness (QED) is 0.312. The summed E-state index contributed by atoms with van der Waals surface area (Å²) in [5.74, 6) is -0.117. The Labute approximate surface area is 186 Å². The summed E-state index contributed by atoms with van der Waals surface area (Å²) in [5.41, 5.74) is 1.07. The Kier molecular flexibility index (Phi) is 5.58. The number of benzene rings is 3. The van der Waals surface area contributed by atoms with Gasteiger partial charge in [-0.15, -0.1) is 0 Å². The number of hydrogen-bond acceptors (Lipinski definition) is 7. The Morgan fingerprint density at radius 3 is 2.03 bits per heavy atom. The molecular formula is C25H26O7. The first-order valence-corrected chi connectivity index (χ1v) is 10.1. The van der Waals surface area contributed by atoms with Gasteiger partial charge in [-0.25, -0.2) is 0 Å². The molecule has 1 aliphatic carbocycles. The molecule has 32 heavy (non-hydrogen) atoms. The SMILES string of the molecule is COc1cccc2c1C(OC)(c1cc(OC(C)=O)c3c(OC)cccc3c1)C2(OC)OC. The van der Waals surface area contributed by atoms with Crippen molar-refractivity contribution in [3.8, 4) is 17.2 Å². The van der Waals surface area contributed by atoms with Crippen molar-refractivity contribution in [1.29, 1.82) is 0 Å². The van der Waals surface area contributed by atoms with Crippen molar-refractivity contribution < 1.29 is 33.2 Å². The second-order valence-corrected chi connectivity index (χ2v) is 7.42. The van der Waals surface area contributed by atoms with Crippen LogP contribution in [0.1, 0.15) is 23.6 Å². The molecule has 0 aromatic heterocycles. The van der Waals surface area contributed by atoms with E-state index in [1.807, 2.05) is 42.5 Å². The van der Waals surface area contributed by atoms with Crippen LogP contribution in [0.5, 0.6) is 17.2 Å². The molecule has 0 heterocycles. The third-order valence-electron chi connectivity index (χ3n) is 6.08. The number of esters is 1. The molecule has 1 atom stereocenters. The largest absolute Gasteiger partial charge is 0.496 e. The van der Waals surface area contributed by atoms with Crippen molar-refractivity contribution >= 4 is 16.7 Å². The standard InChI is InChI=1S/C25H26O7/c1-15(26)32-21-14-17(13-16-9-7-11-19(27-2)22(16)21)24(29-4)23-18(25(24,30-5)31-6)10-8-12-20(23)28-3/h7-14H,1-6H3. The van der Waals surface area contributed by atoms with Crippen LogP contribution in [-0.4, -0.2) is 41.5 Å². The number of rotatable bonds is 7. The van der Waals surface area contributed by atoms with Crippen molar-refractivity contribution in [3.63, 3.8) is 0 Å². The zero-order chi connectivity index (χ0) is 23.1. The first kappa shape index (κ1) is 22.1. The minimum Gasteiger partial charge on any atom is -0.496 e. The molecule has 168 valence electrons. The maximum absolute atomic E-state index is 11.9. The Morgan fingerprint density at radius 2 is 1.44 bits per heavy atom. The Balaban J connectivity index is 2.10. The van der Waals surface area contributed by atoms with E-state index in [0.717, 1.165) is 16.5 Å². The number of carbonyl (C=O) groups is 1. The molecule has 0 fully saturated rings. The molecular weight excluding hydrogens is 412 g/mol. The minimum absolute atomic E-state index is 0.350. The van der Waals surface area contributed by atoms with E-state index in [0.29, 0.717) is 28.2 Å². The van der Waals surface area contributed by atoms with Crippen LogP contribution < -0.4 is 14.2 Å². The number of ether oxygens (including phenoxy) is 6. The van der Waals surface area contributed by atoms with E-state index >= 15 is 0 Å². The summed E-state index contributed by atoms with van der Waals surface area (Å²) in [6.45, 7) is 1.36. The average Bonchev–Trinajstić information content (AvgIpc) is 2.80. The van der Waals surface area contributed by atoms with Gasteiger partial charge in [-0.2, -0.15) is 0 Å². The van der Waals surface area contributed by atoms with Gasteiger partial charge in [0.1, 0.15) is 17.2 Å². The highest BCUT2D eigenvalue weighted by Crippen LogP contribution is 2.64. The molecule has 0 saturated carbocycles. The van der Waals surface area contributed by atoms with Crippen LogP contribution >= 0.6 is 0 Å². The van der Waals surface area contributed by atoms with Crippen LogP contribution in [0.4, 0.5) is 0 Å². The fraction of sp³-hybridized carbons (Fsp3) is 0.320. The Bertz CT molecular complexity index is 1180. The minimum atomic E-state index is -1.24. The predicted octanol–water partition coefficient (Wildman–Crippen LogP) is 4.13. The molecule has 0 bridgehead atoms. The van der Waals surface area contributed by atoms with Crippen LogP contribution in [0.3, 0.4) is 0 Å². The molecule has 3 aromatic rings. The lowest BCUT2D eigenvalue weighted by atomic mass is 9.63. The van der Waals surface area contributed by atoms with Gasteiger partial charge in [0.05, 0.1) is 19.6 Å². The van der Waals surface area contributed by atoms with Gasteiger partial charge in [0.25, 0.3) is 0 Å². The third kappa shape index (κ3) is 2.75. The van der Waals surface area contributed by atoms with Crippen LogP contribution in [0, 0.1) is 0 Å². The normalized spacial score (nSPS) is 18.6. The fourth-order valence-electron chi connectivity index (χ4n) is 4.87. The second kappa shape index (κ2) is 8.09. The molecule has 0 aliphatic heterocycles. The number of hydrogen-bond donors (Lipinski definition) is 0. The molecule has 0 saturated heterocycles. The van der Waals surface area contributed by atoms with E-state index in [1.54, 1.807) is 41.6 Å². The highest BCUT2D eigenvalue weighted by atomic mass is 16.7. The van der Waals surface area contributed by atoms with Crippen LogP contribution in [-0.2, 0) is 30.4 Å². The van der Waals surface area contributed by atoms with Crippen LogP contribution in [0.2, 0.25) is 0 Å². The van der Waals surface area contributed by atoms with Crippen LogP contribution in [0.15, 0.2) is 48.5 Å². The first-order valence-electron chi connectivity index (χ1n) is 10.1. The molecule has 7 heteroatoms. The molecule has 0 N–H and O–H groups in total. The summed E-state index contributed by atoms with van der Waals surface area (Å²) in [7, 11) is 7.90. The summed E-state index contributed by atoms with van der Waals surface area (Å²) in [5, 5.41) is 1.49. The monoisotopic (exact) mass is 438 g/mol. The van der Waals surface area contributed by atoms with Crippen molar-refractivity contribution in [2.75, 3.05) is 35.5 Å². The van der Waals surface area contributed by atoms with E-state index in [-0.39, 0.29) is 0 Å². The summed E-state index contributed by atoms with van der Waals surface area (Å²) < 4.78 is 34.9. The van der Waals surface area contributed by atoms with Gasteiger partial charge in [-0.3, -0.25) is 4.79 Å². The molecule has 1 unspecified atom stereocenters. The molecule has 0 amide bonds. The fourth-order valence-corrected chi connectivity index (χ4v) is 4.87. The van der Waals surface area contributed by atoms with Crippen molar-refractivity contribution in [3.05, 3.63) is 65.2 Å². The van der Waals surface area contributed by atoms with Crippen molar-refractivity contribution in [2.45, 2.75) is 18.3 Å². The molecule has 0 spiro atoms. The van der Waals surface area contributed by atoms with E-state index in [1.165, 1.54) is 6.92 Å². The van der Waals surface area contributed by atoms with Gasteiger partial charge in [0, 0.05) is 39.4 Å². The Hall–Kier alpha value is -3.13. The van der Waals surface area contributed by atoms with E-state index < -0.39 is 17.4 Å². The van der Waals surface area contributed by atoms with Crippen LogP contribution in [0.25, 0.3) is 10.8 Å². The zero-order valence-corrected chi connectivity index (χ0v) is 19.0. The molecule has 0 radical (unpaired) electrons. The van der Waals surface area contributed by atoms with Gasteiger partial charge in [0.2, 0.25) is 5.79 Å². The van der Waals surface area contributed by atoms with E-state index in [2.05, 4.69) is 0 Å². The van der Waals surface area contributed by atoms with Crippen molar-refractivity contribution in [1.82, 2.24) is 0 Å². The maximum Gasteiger partial charge on any atom is 0.308 e. The molecule has 3 aromatic carbocycles. The lowest BCUT2D eigenvalue weighted by molar-refractivity contribution is -0.334. The van der Waals surface area contributed by atoms with Gasteiger partial charge in [-0.05, 0) is 35.2 Å². The number of methoxy groups -OCH3 is 5. The second-order valence-electron chi connectivity index (χ2n) is 7.42. The zero-order valence-electron chi connectivity index (χ0n) is 19.0. The molecule has 7 nitrogen and oxygen atoms in total. The molecule has 4 rings (SSSR count). The summed E-state index contributed by atoms with van der Waals surface area (Å²) in [6, 6.07) is 15.0. The summed E-state index contributed by atoms with van der Waals surface area (Å²) in [4.78, 5) is 11.9.